The van der Waals surface area contributed by atoms with E-state index in [0.29, 0.717) is 0 Å². The van der Waals surface area contributed by atoms with Gasteiger partial charge in [-0.2, -0.15) is 0 Å². The van der Waals surface area contributed by atoms with Gasteiger partial charge in [-0.15, -0.1) is 5.73 Å². The van der Waals surface area contributed by atoms with Crippen molar-refractivity contribution in [3.05, 3.63) is 18.4 Å². The Bertz CT molecular complexity index is 378. The fourth-order valence-electron chi connectivity index (χ4n) is 1.91. The third-order valence-electron chi connectivity index (χ3n) is 4.09. The third-order valence-corrected chi connectivity index (χ3v) is 8.66. The van der Waals surface area contributed by atoms with Gasteiger partial charge in [-0.05, 0) is 31.1 Å². The molecule has 0 spiro atoms. The van der Waals surface area contributed by atoms with E-state index >= 15 is 0 Å². The van der Waals surface area contributed by atoms with Gasteiger partial charge in [-0.3, -0.25) is 4.79 Å². The molecule has 0 saturated carbocycles. The Kier molecular flexibility index (Phi) is 4.26. The quantitative estimate of drug-likeness (QED) is 0.483. The third kappa shape index (κ3) is 2.94. The second-order valence-corrected chi connectivity index (χ2v) is 11.3. The number of nitrogens with one attached hydrogen (secondary N) is 1. The zero-order valence-electron chi connectivity index (χ0n) is 12.3. The number of hydrogen-bond acceptors (Lipinski definition) is 2. The smallest absolute Gasteiger partial charge is 0.228 e. The van der Waals surface area contributed by atoms with Crippen LogP contribution in [0.15, 0.2) is 18.4 Å². The summed E-state index contributed by atoms with van der Waals surface area (Å²) in [6, 6.07) is 0.0229. The van der Waals surface area contributed by atoms with Crippen molar-refractivity contribution in [3.8, 4) is 0 Å². The molecule has 0 bridgehead atoms. The Morgan fingerprint density at radius 3 is 2.44 bits per heavy atom. The lowest BCUT2D eigenvalue weighted by Crippen LogP contribution is -2.62. The second-order valence-electron chi connectivity index (χ2n) is 6.51. The van der Waals surface area contributed by atoms with Crippen LogP contribution < -0.4 is 5.32 Å². The lowest BCUT2D eigenvalue weighted by molar-refractivity contribution is -0.137. The van der Waals surface area contributed by atoms with E-state index in [1.165, 1.54) is 0 Å². The molecule has 0 radical (unpaired) electrons. The van der Waals surface area contributed by atoms with Crippen LogP contribution in [0.2, 0.25) is 18.1 Å². The Balaban J connectivity index is 2.74. The molecule has 1 aliphatic heterocycles. The molecule has 1 heterocycles. The topological polar surface area (TPSA) is 38.3 Å². The van der Waals surface area contributed by atoms with Crippen LogP contribution in [0.5, 0.6) is 0 Å². The molecular weight excluding hydrogens is 242 g/mol. The normalized spacial score (nSPS) is 25.8. The van der Waals surface area contributed by atoms with Gasteiger partial charge >= 0.3 is 0 Å². The van der Waals surface area contributed by atoms with Crippen LogP contribution in [0.3, 0.4) is 0 Å². The average molecular weight is 267 g/mol. The SMILES string of the molecule is C=C=C[C@@H]1NC(=O)[C@@H]1[C@@H](C)O[Si](C)(C)C(C)(C)C. The predicted octanol–water partition coefficient (Wildman–Crippen LogP) is 2.85. The number of β-lactam (4-membered cyclic amide) rings is 1. The van der Waals surface area contributed by atoms with Crippen LogP contribution in [0.25, 0.3) is 0 Å². The van der Waals surface area contributed by atoms with Crippen molar-refractivity contribution >= 4 is 14.2 Å². The van der Waals surface area contributed by atoms with E-state index in [1.807, 2.05) is 6.92 Å². The van der Waals surface area contributed by atoms with E-state index in [1.54, 1.807) is 6.08 Å². The first-order chi connectivity index (χ1) is 8.10. The first-order valence-electron chi connectivity index (χ1n) is 6.44. The summed E-state index contributed by atoms with van der Waals surface area (Å²) in [5.74, 6) is -0.0360. The minimum absolute atomic E-state index is 0.0229. The first kappa shape index (κ1) is 15.2. The van der Waals surface area contributed by atoms with Gasteiger partial charge in [0.2, 0.25) is 5.91 Å². The summed E-state index contributed by atoms with van der Waals surface area (Å²) in [7, 11) is -1.83. The van der Waals surface area contributed by atoms with Gasteiger partial charge in [-0.1, -0.05) is 27.4 Å². The summed E-state index contributed by atoms with van der Waals surface area (Å²) in [5.41, 5.74) is 2.73. The van der Waals surface area contributed by atoms with E-state index in [9.17, 15) is 4.79 Å². The number of hydrogen-bond donors (Lipinski definition) is 1. The van der Waals surface area contributed by atoms with Crippen molar-refractivity contribution in [1.82, 2.24) is 5.32 Å². The molecule has 0 aliphatic carbocycles. The number of amides is 1. The first-order valence-corrected chi connectivity index (χ1v) is 9.35. The summed E-state index contributed by atoms with van der Waals surface area (Å²) in [6.45, 7) is 16.6. The van der Waals surface area contributed by atoms with Crippen molar-refractivity contribution in [2.75, 3.05) is 0 Å². The van der Waals surface area contributed by atoms with Crippen molar-refractivity contribution in [1.29, 1.82) is 0 Å². The average Bonchev–Trinajstić information content (AvgIpc) is 2.13. The van der Waals surface area contributed by atoms with Crippen LogP contribution in [0.1, 0.15) is 27.7 Å². The Morgan fingerprint density at radius 2 is 2.06 bits per heavy atom. The van der Waals surface area contributed by atoms with E-state index in [2.05, 4.69) is 51.5 Å². The molecule has 0 aromatic carbocycles. The zero-order chi connectivity index (χ0) is 14.1. The molecule has 1 saturated heterocycles. The van der Waals surface area contributed by atoms with Crippen LogP contribution >= 0.6 is 0 Å². The highest BCUT2D eigenvalue weighted by molar-refractivity contribution is 6.74. The zero-order valence-corrected chi connectivity index (χ0v) is 13.3. The Labute approximate surface area is 111 Å². The Morgan fingerprint density at radius 1 is 1.50 bits per heavy atom. The molecule has 0 aromatic rings. The van der Waals surface area contributed by atoms with Gasteiger partial charge in [0.1, 0.15) is 0 Å². The molecule has 1 N–H and O–H groups in total. The summed E-state index contributed by atoms with van der Waals surface area (Å²) < 4.78 is 6.26. The second kappa shape index (κ2) is 5.04. The minimum atomic E-state index is -1.83. The van der Waals surface area contributed by atoms with Crippen molar-refractivity contribution < 1.29 is 9.22 Å². The molecular formula is C14H25NO2Si. The van der Waals surface area contributed by atoms with Gasteiger partial charge in [0.15, 0.2) is 8.32 Å². The maximum atomic E-state index is 11.6. The van der Waals surface area contributed by atoms with Crippen molar-refractivity contribution in [3.63, 3.8) is 0 Å². The van der Waals surface area contributed by atoms with E-state index in [4.69, 9.17) is 4.43 Å². The molecule has 18 heavy (non-hydrogen) atoms. The standard InChI is InChI=1S/C14H25NO2Si/c1-8-9-11-12(13(16)15-11)10(2)17-18(6,7)14(3,4)5/h9-12H,1H2,2-7H3,(H,15,16)/t10-,11+,12-/m1/s1. The molecule has 1 fully saturated rings. The van der Waals surface area contributed by atoms with Crippen LogP contribution in [-0.2, 0) is 9.22 Å². The number of carbonyl (C=O) groups is 1. The highest BCUT2D eigenvalue weighted by Gasteiger charge is 2.46. The molecule has 1 amide bonds. The predicted molar refractivity (Wildman–Crippen MR) is 76.9 cm³/mol. The Hall–Kier alpha value is -0.833. The van der Waals surface area contributed by atoms with E-state index < -0.39 is 8.32 Å². The lowest BCUT2D eigenvalue weighted by Gasteiger charge is -2.44. The van der Waals surface area contributed by atoms with E-state index in [-0.39, 0.29) is 29.0 Å². The highest BCUT2D eigenvalue weighted by atomic mass is 28.4. The monoisotopic (exact) mass is 267 g/mol. The maximum absolute atomic E-state index is 11.6. The van der Waals surface area contributed by atoms with Gasteiger partial charge in [0, 0.05) is 0 Å². The number of carbonyl (C=O) groups excluding carboxylic acids is 1. The minimum Gasteiger partial charge on any atom is -0.413 e. The molecule has 0 unspecified atom stereocenters. The fourth-order valence-corrected chi connectivity index (χ4v) is 3.34. The molecule has 1 aliphatic rings. The van der Waals surface area contributed by atoms with E-state index in [0.717, 1.165) is 0 Å². The van der Waals surface area contributed by atoms with Gasteiger partial charge in [0.05, 0.1) is 18.1 Å². The van der Waals surface area contributed by atoms with Crippen molar-refractivity contribution in [2.45, 2.75) is 58.0 Å². The summed E-state index contributed by atoms with van der Waals surface area (Å²) in [4.78, 5) is 11.6. The molecule has 1 rings (SSSR count). The fraction of sp³-hybridized carbons (Fsp3) is 0.714. The lowest BCUT2D eigenvalue weighted by atomic mass is 9.86. The maximum Gasteiger partial charge on any atom is 0.228 e. The summed E-state index contributed by atoms with van der Waals surface area (Å²) in [6.07, 6.45) is 1.74. The van der Waals surface area contributed by atoms with Gasteiger partial charge < -0.3 is 9.74 Å². The van der Waals surface area contributed by atoms with Crippen molar-refractivity contribution in [2.24, 2.45) is 5.92 Å². The van der Waals surface area contributed by atoms with Gasteiger partial charge in [0.25, 0.3) is 0 Å². The highest BCUT2D eigenvalue weighted by Crippen LogP contribution is 2.38. The molecule has 3 atom stereocenters. The molecule has 0 aromatic heterocycles. The summed E-state index contributed by atoms with van der Waals surface area (Å²) in [5, 5.41) is 3.00. The largest absolute Gasteiger partial charge is 0.413 e. The number of rotatable bonds is 4. The van der Waals surface area contributed by atoms with Crippen LogP contribution in [0.4, 0.5) is 0 Å². The van der Waals surface area contributed by atoms with Crippen LogP contribution in [0, 0.1) is 5.92 Å². The van der Waals surface area contributed by atoms with Crippen LogP contribution in [-0.4, -0.2) is 26.4 Å². The molecule has 4 heteroatoms. The summed E-state index contributed by atoms with van der Waals surface area (Å²) >= 11 is 0. The van der Waals surface area contributed by atoms with Gasteiger partial charge in [-0.25, -0.2) is 0 Å². The molecule has 3 nitrogen and oxygen atoms in total. The molecule has 102 valence electrons.